The predicted octanol–water partition coefficient (Wildman–Crippen LogP) is 5.35. The van der Waals surface area contributed by atoms with Crippen molar-refractivity contribution in [2.24, 2.45) is 0 Å². The Kier molecular flexibility index (Phi) is 4.65. The molecule has 1 atom stereocenters. The molecule has 2 nitrogen and oxygen atoms in total. The molecule has 3 rings (SSSR count). The molecule has 0 amide bonds. The first-order valence-electron chi connectivity index (χ1n) is 6.99. The normalized spacial score (nSPS) is 18.1. The minimum atomic E-state index is 0.00771. The van der Waals surface area contributed by atoms with Gasteiger partial charge in [0.25, 0.3) is 0 Å². The van der Waals surface area contributed by atoms with Crippen molar-refractivity contribution >= 4 is 46.1 Å². The van der Waals surface area contributed by atoms with Gasteiger partial charge in [-0.1, -0.05) is 53.0 Å². The van der Waals surface area contributed by atoms with Crippen LogP contribution in [0.5, 0.6) is 0 Å². The van der Waals surface area contributed by atoms with Crippen LogP contribution in [0.1, 0.15) is 23.6 Å². The quantitative estimate of drug-likeness (QED) is 0.714. The van der Waals surface area contributed by atoms with Gasteiger partial charge in [-0.25, -0.2) is 0 Å². The topological polar surface area (TPSA) is 38.0 Å². The zero-order valence-corrected chi connectivity index (χ0v) is 14.0. The fourth-order valence-corrected chi connectivity index (χ4v) is 3.29. The Labute approximate surface area is 144 Å². The molecule has 0 aliphatic carbocycles. The standard InChI is InChI=1S/C17H15Cl3N2/c18-11-4-5-15(21)13(9-11)10-6-7-22-16(8-10)12-2-1-3-14(19)17(12)20/h1-5,8-9,16,22H,6-7,21H2. The molecule has 0 spiro atoms. The summed E-state index contributed by atoms with van der Waals surface area (Å²) in [6, 6.07) is 11.2. The Bertz CT molecular complexity index is 741. The summed E-state index contributed by atoms with van der Waals surface area (Å²) in [6.45, 7) is 0.839. The Morgan fingerprint density at radius 1 is 1.09 bits per heavy atom. The number of hydrogen-bond acceptors (Lipinski definition) is 2. The van der Waals surface area contributed by atoms with Crippen LogP contribution in [-0.2, 0) is 0 Å². The lowest BCUT2D eigenvalue weighted by molar-refractivity contribution is 0.609. The zero-order valence-electron chi connectivity index (χ0n) is 11.7. The molecule has 1 aliphatic rings. The van der Waals surface area contributed by atoms with Crippen molar-refractivity contribution in [2.45, 2.75) is 12.5 Å². The summed E-state index contributed by atoms with van der Waals surface area (Å²) >= 11 is 18.5. The van der Waals surface area contributed by atoms with E-state index in [0.29, 0.717) is 15.1 Å². The Morgan fingerprint density at radius 2 is 1.91 bits per heavy atom. The van der Waals surface area contributed by atoms with Crippen LogP contribution >= 0.6 is 34.8 Å². The van der Waals surface area contributed by atoms with Gasteiger partial charge >= 0.3 is 0 Å². The Hall–Kier alpha value is -1.19. The van der Waals surface area contributed by atoms with Gasteiger partial charge in [-0.2, -0.15) is 0 Å². The van der Waals surface area contributed by atoms with E-state index in [4.69, 9.17) is 40.5 Å². The van der Waals surface area contributed by atoms with Crippen LogP contribution in [0.15, 0.2) is 42.5 Å². The largest absolute Gasteiger partial charge is 0.398 e. The highest BCUT2D eigenvalue weighted by Gasteiger charge is 2.20. The number of halogens is 3. The van der Waals surface area contributed by atoms with Gasteiger partial charge in [0.05, 0.1) is 16.1 Å². The monoisotopic (exact) mass is 352 g/mol. The van der Waals surface area contributed by atoms with E-state index in [0.717, 1.165) is 29.8 Å². The van der Waals surface area contributed by atoms with Crippen LogP contribution in [0.25, 0.3) is 5.57 Å². The third-order valence-electron chi connectivity index (χ3n) is 3.80. The van der Waals surface area contributed by atoms with E-state index < -0.39 is 0 Å². The van der Waals surface area contributed by atoms with E-state index >= 15 is 0 Å². The van der Waals surface area contributed by atoms with Crippen molar-refractivity contribution in [2.75, 3.05) is 12.3 Å². The number of nitrogen functional groups attached to an aromatic ring is 1. The van der Waals surface area contributed by atoms with Crippen LogP contribution in [0.3, 0.4) is 0 Å². The molecule has 1 aliphatic heterocycles. The highest BCUT2D eigenvalue weighted by Crippen LogP contribution is 2.36. The van der Waals surface area contributed by atoms with E-state index in [2.05, 4.69) is 11.4 Å². The molecule has 5 heteroatoms. The highest BCUT2D eigenvalue weighted by atomic mass is 35.5. The van der Waals surface area contributed by atoms with Crippen LogP contribution in [0.2, 0.25) is 15.1 Å². The maximum Gasteiger partial charge on any atom is 0.0643 e. The van der Waals surface area contributed by atoms with Crippen molar-refractivity contribution in [1.29, 1.82) is 0 Å². The summed E-state index contributed by atoms with van der Waals surface area (Å²) in [5.41, 5.74) is 9.94. The summed E-state index contributed by atoms with van der Waals surface area (Å²) < 4.78 is 0. The molecule has 0 saturated carbocycles. The second-order valence-corrected chi connectivity index (χ2v) is 6.47. The Balaban J connectivity index is 2.02. The van der Waals surface area contributed by atoms with Gasteiger partial charge in [0.2, 0.25) is 0 Å². The minimum Gasteiger partial charge on any atom is -0.398 e. The third kappa shape index (κ3) is 3.11. The van der Waals surface area contributed by atoms with Crippen LogP contribution in [0, 0.1) is 0 Å². The first kappa shape index (κ1) is 15.7. The van der Waals surface area contributed by atoms with Gasteiger partial charge in [0, 0.05) is 22.8 Å². The SMILES string of the molecule is Nc1ccc(Cl)cc1C1=CC(c2cccc(Cl)c2Cl)NCC1. The van der Waals surface area contributed by atoms with E-state index in [1.165, 1.54) is 5.57 Å². The van der Waals surface area contributed by atoms with Crippen molar-refractivity contribution in [1.82, 2.24) is 5.32 Å². The number of hydrogen-bond donors (Lipinski definition) is 2. The van der Waals surface area contributed by atoms with E-state index in [-0.39, 0.29) is 6.04 Å². The number of rotatable bonds is 2. The number of benzene rings is 2. The number of nitrogens with two attached hydrogens (primary N) is 1. The average molecular weight is 354 g/mol. The van der Waals surface area contributed by atoms with Crippen LogP contribution in [0.4, 0.5) is 5.69 Å². The van der Waals surface area contributed by atoms with Crippen LogP contribution < -0.4 is 11.1 Å². The van der Waals surface area contributed by atoms with E-state index in [1.54, 1.807) is 12.1 Å². The fourth-order valence-electron chi connectivity index (χ4n) is 2.70. The molecule has 2 aromatic carbocycles. The molecule has 22 heavy (non-hydrogen) atoms. The fraction of sp³-hybridized carbons (Fsp3) is 0.176. The molecule has 0 fully saturated rings. The molecule has 0 radical (unpaired) electrons. The molecule has 0 bridgehead atoms. The molecule has 2 aromatic rings. The highest BCUT2D eigenvalue weighted by molar-refractivity contribution is 6.42. The van der Waals surface area contributed by atoms with Gasteiger partial charge in [-0.15, -0.1) is 0 Å². The summed E-state index contributed by atoms with van der Waals surface area (Å²) in [6.07, 6.45) is 3.03. The zero-order chi connectivity index (χ0) is 15.7. The smallest absolute Gasteiger partial charge is 0.0643 e. The van der Waals surface area contributed by atoms with Gasteiger partial charge in [-0.3, -0.25) is 0 Å². The number of nitrogens with one attached hydrogen (secondary N) is 1. The molecule has 114 valence electrons. The van der Waals surface area contributed by atoms with Gasteiger partial charge in [0.1, 0.15) is 0 Å². The van der Waals surface area contributed by atoms with Gasteiger partial charge in [-0.05, 0) is 41.8 Å². The van der Waals surface area contributed by atoms with Crippen molar-refractivity contribution in [3.63, 3.8) is 0 Å². The maximum atomic E-state index is 6.33. The summed E-state index contributed by atoms with van der Waals surface area (Å²) in [5, 5.41) is 5.27. The molecule has 0 saturated heterocycles. The summed E-state index contributed by atoms with van der Waals surface area (Å²) in [5.74, 6) is 0. The van der Waals surface area contributed by atoms with Crippen molar-refractivity contribution in [3.05, 3.63) is 68.7 Å². The lowest BCUT2D eigenvalue weighted by Crippen LogP contribution is -2.25. The van der Waals surface area contributed by atoms with E-state index in [1.807, 2.05) is 24.3 Å². The van der Waals surface area contributed by atoms with Crippen molar-refractivity contribution < 1.29 is 0 Å². The molecule has 0 aromatic heterocycles. The average Bonchev–Trinajstić information content (AvgIpc) is 2.52. The second-order valence-electron chi connectivity index (χ2n) is 5.25. The molecular weight excluding hydrogens is 339 g/mol. The second kappa shape index (κ2) is 6.51. The van der Waals surface area contributed by atoms with E-state index in [9.17, 15) is 0 Å². The van der Waals surface area contributed by atoms with Crippen LogP contribution in [-0.4, -0.2) is 6.54 Å². The summed E-state index contributed by atoms with van der Waals surface area (Å²) in [7, 11) is 0. The number of anilines is 1. The lowest BCUT2D eigenvalue weighted by Gasteiger charge is -2.25. The minimum absolute atomic E-state index is 0.00771. The predicted molar refractivity (Wildman–Crippen MR) is 95.7 cm³/mol. The van der Waals surface area contributed by atoms with Gasteiger partial charge in [0.15, 0.2) is 0 Å². The first-order chi connectivity index (χ1) is 10.6. The molecule has 1 unspecified atom stereocenters. The molecular formula is C17H15Cl3N2. The molecule has 1 heterocycles. The van der Waals surface area contributed by atoms with Gasteiger partial charge < -0.3 is 11.1 Å². The third-order valence-corrected chi connectivity index (χ3v) is 4.87. The molecule has 3 N–H and O–H groups in total. The first-order valence-corrected chi connectivity index (χ1v) is 8.13. The summed E-state index contributed by atoms with van der Waals surface area (Å²) in [4.78, 5) is 0. The lowest BCUT2D eigenvalue weighted by atomic mass is 9.93. The van der Waals surface area contributed by atoms with Crippen molar-refractivity contribution in [3.8, 4) is 0 Å². The Morgan fingerprint density at radius 3 is 2.73 bits per heavy atom. The maximum absolute atomic E-state index is 6.33.